The van der Waals surface area contributed by atoms with Gasteiger partial charge in [0.15, 0.2) is 1.41 Å². The second-order valence-electron chi connectivity index (χ2n) is 2.31. The average molecular weight is 144 g/mol. The van der Waals surface area contributed by atoms with Crippen LogP contribution < -0.4 is 5.73 Å². The quantitative estimate of drug-likeness (QED) is 0.471. The van der Waals surface area contributed by atoms with Crippen molar-refractivity contribution in [3.05, 3.63) is 11.8 Å². The molecule has 0 aliphatic carbocycles. The van der Waals surface area contributed by atoms with Gasteiger partial charge in [0.1, 0.15) is 0 Å². The van der Waals surface area contributed by atoms with E-state index in [4.69, 9.17) is 6.15 Å². The van der Waals surface area contributed by atoms with Crippen LogP contribution in [0.3, 0.4) is 0 Å². The predicted octanol–water partition coefficient (Wildman–Crippen LogP) is 0.800. The molecule has 0 spiro atoms. The van der Waals surface area contributed by atoms with Crippen molar-refractivity contribution in [3.63, 3.8) is 0 Å². The third-order valence-corrected chi connectivity index (χ3v) is 0.686. The van der Waals surface area contributed by atoms with Gasteiger partial charge in [-0.2, -0.15) is 0 Å². The fraction of sp³-hybridized carbons (Fsp3) is 0.571. The normalized spacial score (nSPS) is 12.8. The SMILES string of the molecule is [2H]NC(C)=CC(=O)OC(C)C. The minimum atomic E-state index is -0.419. The lowest BCUT2D eigenvalue weighted by Gasteiger charge is -2.03. The molecule has 0 aromatic heterocycles. The summed E-state index contributed by atoms with van der Waals surface area (Å²) in [7, 11) is 0. The van der Waals surface area contributed by atoms with Gasteiger partial charge in [0.25, 0.3) is 0 Å². The molecule has 2 N–H and O–H groups in total. The highest BCUT2D eigenvalue weighted by molar-refractivity contribution is 5.82. The second-order valence-corrected chi connectivity index (χ2v) is 2.31. The van der Waals surface area contributed by atoms with Crippen LogP contribution >= 0.6 is 0 Å². The zero-order chi connectivity index (χ0) is 8.85. The highest BCUT2D eigenvalue weighted by Crippen LogP contribution is 1.91. The average Bonchev–Trinajstić information content (AvgIpc) is 1.85. The summed E-state index contributed by atoms with van der Waals surface area (Å²) in [5.41, 5.74) is 2.55. The molecule has 0 unspecified atom stereocenters. The summed E-state index contributed by atoms with van der Waals surface area (Å²) in [5, 5.41) is 0. The molecule has 0 aliphatic heterocycles. The Balaban J connectivity index is 3.86. The third-order valence-electron chi connectivity index (χ3n) is 0.686. The number of carbonyl (C=O) groups is 1. The Hall–Kier alpha value is -0.990. The number of rotatable bonds is 3. The van der Waals surface area contributed by atoms with Crippen LogP contribution in [0.15, 0.2) is 11.8 Å². The van der Waals surface area contributed by atoms with Crippen LogP contribution in [0.5, 0.6) is 0 Å². The zero-order valence-corrected chi connectivity index (χ0v) is 6.47. The van der Waals surface area contributed by atoms with Crippen LogP contribution in [0.25, 0.3) is 0 Å². The smallest absolute Gasteiger partial charge is 0.332 e. The summed E-state index contributed by atoms with van der Waals surface area (Å²) in [6, 6.07) is 0. The molecule has 0 saturated heterocycles. The molecule has 0 saturated carbocycles. The van der Waals surface area contributed by atoms with E-state index in [1.807, 2.05) is 0 Å². The van der Waals surface area contributed by atoms with Crippen LogP contribution in [0.1, 0.15) is 20.8 Å². The summed E-state index contributed by atoms with van der Waals surface area (Å²) in [6.45, 7) is 5.17. The zero-order valence-electron chi connectivity index (χ0n) is 7.47. The Morgan fingerprint density at radius 2 is 2.40 bits per heavy atom. The van der Waals surface area contributed by atoms with E-state index >= 15 is 0 Å². The molecule has 58 valence electrons. The van der Waals surface area contributed by atoms with E-state index in [0.29, 0.717) is 5.70 Å². The maximum atomic E-state index is 10.8. The van der Waals surface area contributed by atoms with Crippen LogP contribution in [0.2, 0.25) is 1.41 Å². The molecule has 0 fully saturated rings. The molecule has 0 aromatic rings. The van der Waals surface area contributed by atoms with E-state index in [1.165, 1.54) is 6.08 Å². The summed E-state index contributed by atoms with van der Waals surface area (Å²) < 4.78 is 11.4. The molecule has 0 rings (SSSR count). The summed E-state index contributed by atoms with van der Waals surface area (Å²) in [6.07, 6.45) is 1.13. The first kappa shape index (κ1) is 7.12. The number of hydrogen-bond donors (Lipinski definition) is 1. The van der Waals surface area contributed by atoms with E-state index in [-0.39, 0.29) is 6.10 Å². The third kappa shape index (κ3) is 5.15. The summed E-state index contributed by atoms with van der Waals surface area (Å²) in [5.74, 6) is -0.419. The van der Waals surface area contributed by atoms with Crippen molar-refractivity contribution in [1.82, 2.24) is 0 Å². The second kappa shape index (κ2) is 3.93. The van der Waals surface area contributed by atoms with Crippen LogP contribution in [-0.2, 0) is 9.53 Å². The van der Waals surface area contributed by atoms with Crippen molar-refractivity contribution in [2.24, 2.45) is 5.73 Å². The first-order chi connectivity index (χ1) is 5.06. The van der Waals surface area contributed by atoms with E-state index in [0.717, 1.165) is 0 Å². The minimum Gasteiger partial charge on any atom is -0.460 e. The fourth-order valence-electron chi connectivity index (χ4n) is 0.443. The molecule has 10 heavy (non-hydrogen) atoms. The lowest BCUT2D eigenvalue weighted by Crippen LogP contribution is -2.10. The van der Waals surface area contributed by atoms with E-state index in [1.54, 1.807) is 20.8 Å². The summed E-state index contributed by atoms with van der Waals surface area (Å²) in [4.78, 5) is 10.8. The van der Waals surface area contributed by atoms with Gasteiger partial charge in [-0.1, -0.05) is 0 Å². The van der Waals surface area contributed by atoms with E-state index in [9.17, 15) is 4.79 Å². The van der Waals surface area contributed by atoms with Crippen molar-refractivity contribution in [1.29, 1.82) is 0 Å². The van der Waals surface area contributed by atoms with Crippen LogP contribution in [-0.4, -0.2) is 12.1 Å². The molecule has 3 heteroatoms. The Morgan fingerprint density at radius 1 is 1.80 bits per heavy atom. The van der Waals surface area contributed by atoms with Gasteiger partial charge in [-0.15, -0.1) is 0 Å². The van der Waals surface area contributed by atoms with Crippen molar-refractivity contribution in [2.75, 3.05) is 0 Å². The van der Waals surface area contributed by atoms with Gasteiger partial charge in [0.05, 0.1) is 6.10 Å². The molecule has 0 radical (unpaired) electrons. The maximum absolute atomic E-state index is 10.8. The van der Waals surface area contributed by atoms with Crippen LogP contribution in [0, 0.1) is 0 Å². The lowest BCUT2D eigenvalue weighted by molar-refractivity contribution is -0.141. The Labute approximate surface area is 62.3 Å². The van der Waals surface area contributed by atoms with Gasteiger partial charge in [0.2, 0.25) is 0 Å². The van der Waals surface area contributed by atoms with Gasteiger partial charge in [-0.25, -0.2) is 4.79 Å². The topological polar surface area (TPSA) is 52.3 Å². The Bertz CT molecular complexity index is 166. The minimum absolute atomic E-state index is 0.114. The molecule has 0 bridgehead atoms. The molecule has 3 nitrogen and oxygen atoms in total. The van der Waals surface area contributed by atoms with Gasteiger partial charge < -0.3 is 10.5 Å². The van der Waals surface area contributed by atoms with Crippen LogP contribution in [0.4, 0.5) is 0 Å². The van der Waals surface area contributed by atoms with Crippen molar-refractivity contribution < 1.29 is 10.9 Å². The van der Waals surface area contributed by atoms with E-state index < -0.39 is 5.97 Å². The van der Waals surface area contributed by atoms with Crippen molar-refractivity contribution in [3.8, 4) is 0 Å². The highest BCUT2D eigenvalue weighted by Gasteiger charge is 1.99. The van der Waals surface area contributed by atoms with E-state index in [2.05, 4.69) is 5.73 Å². The highest BCUT2D eigenvalue weighted by atomic mass is 16.5. The molecule has 0 aromatic carbocycles. The van der Waals surface area contributed by atoms with Gasteiger partial charge in [-0.05, 0) is 20.8 Å². The maximum Gasteiger partial charge on any atom is 0.332 e. The Morgan fingerprint density at radius 3 is 2.80 bits per heavy atom. The van der Waals surface area contributed by atoms with Gasteiger partial charge in [-0.3, -0.25) is 0 Å². The number of ether oxygens (including phenoxy) is 1. The molecule has 0 aliphatic rings. The Kier molecular flexibility index (Phi) is 2.80. The predicted molar refractivity (Wildman–Crippen MR) is 39.2 cm³/mol. The molecular weight excluding hydrogens is 130 g/mol. The number of hydrogen-bond acceptors (Lipinski definition) is 3. The summed E-state index contributed by atoms with van der Waals surface area (Å²) >= 11 is 0. The first-order valence-corrected chi connectivity index (χ1v) is 3.13. The number of esters is 1. The standard InChI is InChI=1S/C7H13NO2/c1-5(2)10-7(9)4-6(3)8/h4-5H,8H2,1-3H3/i/hD. The first-order valence-electron chi connectivity index (χ1n) is 3.63. The van der Waals surface area contributed by atoms with Gasteiger partial charge >= 0.3 is 5.97 Å². The monoisotopic (exact) mass is 144 g/mol. The molecule has 0 heterocycles. The number of nitrogens with two attached hydrogens (primary N) is 1. The number of allylic oxidation sites excluding steroid dienone is 1. The number of carbonyl (C=O) groups excluding carboxylic acids is 1. The van der Waals surface area contributed by atoms with Crippen molar-refractivity contribution >= 4 is 5.97 Å². The largest absolute Gasteiger partial charge is 0.460 e. The van der Waals surface area contributed by atoms with Gasteiger partial charge in [0, 0.05) is 11.8 Å². The lowest BCUT2D eigenvalue weighted by atomic mass is 10.4. The molecule has 0 amide bonds. The molecule has 0 atom stereocenters. The fourth-order valence-corrected chi connectivity index (χ4v) is 0.443. The molecular formula is C7H13NO2. The van der Waals surface area contributed by atoms with Crippen molar-refractivity contribution in [2.45, 2.75) is 26.9 Å².